The molecule has 3 rings (SSSR count). The van der Waals surface area contributed by atoms with Crippen LogP contribution < -0.4 is 15.4 Å². The standard InChI is InChI=1S/C16H17FN4O3/c1-23-15-9-19-7-13(21-15)16(22)20-10-2-3-11(12(17)6-10)14-8-18-4-5-24-14/h2-3,6-7,9,14,18H,4-5,8H2,1H3,(H,20,22)/t14-/m0/s1. The van der Waals surface area contributed by atoms with Crippen LogP contribution in [0.4, 0.5) is 10.1 Å². The third-order valence-corrected chi connectivity index (χ3v) is 3.59. The molecule has 1 aromatic carbocycles. The molecule has 0 aliphatic carbocycles. The summed E-state index contributed by atoms with van der Waals surface area (Å²) in [5.41, 5.74) is 0.870. The number of rotatable bonds is 4. The molecule has 2 heterocycles. The van der Waals surface area contributed by atoms with Crippen molar-refractivity contribution in [2.24, 2.45) is 0 Å². The van der Waals surface area contributed by atoms with E-state index in [1.807, 2.05) is 0 Å². The molecule has 0 spiro atoms. The van der Waals surface area contributed by atoms with Gasteiger partial charge in [-0.05, 0) is 12.1 Å². The van der Waals surface area contributed by atoms with Crippen molar-refractivity contribution in [3.63, 3.8) is 0 Å². The molecule has 0 bridgehead atoms. The summed E-state index contributed by atoms with van der Waals surface area (Å²) in [7, 11) is 1.43. The fourth-order valence-corrected chi connectivity index (χ4v) is 2.38. The molecule has 1 aromatic heterocycles. The van der Waals surface area contributed by atoms with Crippen molar-refractivity contribution in [3.05, 3.63) is 47.7 Å². The number of aromatic nitrogens is 2. The summed E-state index contributed by atoms with van der Waals surface area (Å²) in [5.74, 6) is -0.700. The number of amides is 1. The highest BCUT2D eigenvalue weighted by molar-refractivity contribution is 6.02. The molecule has 24 heavy (non-hydrogen) atoms. The molecule has 1 amide bonds. The molecule has 1 aliphatic heterocycles. The average molecular weight is 332 g/mol. The van der Waals surface area contributed by atoms with E-state index in [1.165, 1.54) is 25.6 Å². The van der Waals surface area contributed by atoms with Crippen LogP contribution in [0.15, 0.2) is 30.6 Å². The van der Waals surface area contributed by atoms with Gasteiger partial charge in [-0.2, -0.15) is 0 Å². The van der Waals surface area contributed by atoms with Gasteiger partial charge in [-0.1, -0.05) is 6.07 Å². The Labute approximate surface area is 138 Å². The molecule has 126 valence electrons. The third-order valence-electron chi connectivity index (χ3n) is 3.59. The van der Waals surface area contributed by atoms with Gasteiger partial charge in [-0.15, -0.1) is 0 Å². The molecule has 1 atom stereocenters. The summed E-state index contributed by atoms with van der Waals surface area (Å²) in [6.07, 6.45) is 2.38. The van der Waals surface area contributed by atoms with Crippen LogP contribution in [0.5, 0.6) is 5.88 Å². The number of morpholine rings is 1. The van der Waals surface area contributed by atoms with E-state index in [0.717, 1.165) is 6.54 Å². The largest absolute Gasteiger partial charge is 0.480 e. The van der Waals surface area contributed by atoms with Gasteiger partial charge >= 0.3 is 0 Å². The molecule has 0 radical (unpaired) electrons. The molecule has 1 saturated heterocycles. The number of nitrogens with one attached hydrogen (secondary N) is 2. The second kappa shape index (κ2) is 7.33. The van der Waals surface area contributed by atoms with Crippen LogP contribution >= 0.6 is 0 Å². The number of anilines is 1. The van der Waals surface area contributed by atoms with Gasteiger partial charge < -0.3 is 20.1 Å². The van der Waals surface area contributed by atoms with Crippen molar-refractivity contribution in [3.8, 4) is 5.88 Å². The maximum absolute atomic E-state index is 14.3. The van der Waals surface area contributed by atoms with Gasteiger partial charge in [0.25, 0.3) is 5.91 Å². The lowest BCUT2D eigenvalue weighted by molar-refractivity contribution is 0.0255. The number of nitrogens with zero attached hydrogens (tertiary/aromatic N) is 2. The second-order valence-electron chi connectivity index (χ2n) is 5.20. The zero-order valence-corrected chi connectivity index (χ0v) is 13.1. The van der Waals surface area contributed by atoms with Gasteiger partial charge in [-0.25, -0.2) is 9.37 Å². The number of carbonyl (C=O) groups excluding carboxylic acids is 1. The number of hydrogen-bond donors (Lipinski definition) is 2. The zero-order chi connectivity index (χ0) is 16.9. The highest BCUT2D eigenvalue weighted by Crippen LogP contribution is 2.24. The minimum absolute atomic E-state index is 0.0821. The number of halogens is 1. The molecule has 0 saturated carbocycles. The smallest absolute Gasteiger partial charge is 0.276 e. The topological polar surface area (TPSA) is 85.4 Å². The average Bonchev–Trinajstić information content (AvgIpc) is 2.62. The van der Waals surface area contributed by atoms with Gasteiger partial charge in [0.05, 0.1) is 32.2 Å². The quantitative estimate of drug-likeness (QED) is 0.883. The second-order valence-corrected chi connectivity index (χ2v) is 5.20. The molecule has 8 heteroatoms. The molecule has 1 fully saturated rings. The van der Waals surface area contributed by atoms with Gasteiger partial charge in [0.1, 0.15) is 5.82 Å². The lowest BCUT2D eigenvalue weighted by atomic mass is 10.1. The summed E-state index contributed by atoms with van der Waals surface area (Å²) in [4.78, 5) is 20.0. The lowest BCUT2D eigenvalue weighted by Gasteiger charge is -2.24. The van der Waals surface area contributed by atoms with Crippen LogP contribution in [0, 0.1) is 5.82 Å². The van der Waals surface area contributed by atoms with E-state index < -0.39 is 11.7 Å². The van der Waals surface area contributed by atoms with Crippen LogP contribution in [-0.4, -0.2) is 42.7 Å². The Morgan fingerprint density at radius 1 is 1.46 bits per heavy atom. The van der Waals surface area contributed by atoms with Crippen molar-refractivity contribution < 1.29 is 18.7 Å². The molecule has 2 aromatic rings. The Morgan fingerprint density at radius 3 is 3.04 bits per heavy atom. The summed E-state index contributed by atoms with van der Waals surface area (Å²) in [5, 5.41) is 5.74. The number of hydrogen-bond acceptors (Lipinski definition) is 6. The third kappa shape index (κ3) is 3.66. The summed E-state index contributed by atoms with van der Waals surface area (Å²) in [6, 6.07) is 4.50. The fraction of sp³-hybridized carbons (Fsp3) is 0.312. The van der Waals surface area contributed by atoms with E-state index in [-0.39, 0.29) is 17.7 Å². The first kappa shape index (κ1) is 16.3. The van der Waals surface area contributed by atoms with E-state index in [4.69, 9.17) is 9.47 Å². The predicted octanol–water partition coefficient (Wildman–Crippen LogP) is 1.54. The maximum Gasteiger partial charge on any atom is 0.276 e. The first-order chi connectivity index (χ1) is 11.7. The van der Waals surface area contributed by atoms with Gasteiger partial charge in [-0.3, -0.25) is 9.78 Å². The summed E-state index contributed by atoms with van der Waals surface area (Å²) < 4.78 is 24.8. The van der Waals surface area contributed by atoms with Crippen molar-refractivity contribution >= 4 is 11.6 Å². The highest BCUT2D eigenvalue weighted by atomic mass is 19.1. The molecular formula is C16H17FN4O3. The fourth-order valence-electron chi connectivity index (χ4n) is 2.38. The zero-order valence-electron chi connectivity index (χ0n) is 13.1. The van der Waals surface area contributed by atoms with Crippen molar-refractivity contribution in [2.45, 2.75) is 6.10 Å². The molecule has 0 unspecified atom stereocenters. The summed E-state index contributed by atoms with van der Waals surface area (Å²) >= 11 is 0. The Balaban J connectivity index is 1.73. The first-order valence-electron chi connectivity index (χ1n) is 7.46. The van der Waals surface area contributed by atoms with E-state index >= 15 is 0 Å². The van der Waals surface area contributed by atoms with E-state index in [0.29, 0.717) is 24.4 Å². The lowest BCUT2D eigenvalue weighted by Crippen LogP contribution is -2.33. The molecule has 1 aliphatic rings. The van der Waals surface area contributed by atoms with Gasteiger partial charge in [0.15, 0.2) is 5.69 Å². The van der Waals surface area contributed by atoms with E-state index in [9.17, 15) is 9.18 Å². The molecule has 2 N–H and O–H groups in total. The molecule has 7 nitrogen and oxygen atoms in total. The van der Waals surface area contributed by atoms with E-state index in [2.05, 4.69) is 20.6 Å². The van der Waals surface area contributed by atoms with Crippen LogP contribution in [0.25, 0.3) is 0 Å². The Bertz CT molecular complexity index is 735. The van der Waals surface area contributed by atoms with Crippen LogP contribution in [-0.2, 0) is 4.74 Å². The van der Waals surface area contributed by atoms with Crippen LogP contribution in [0.1, 0.15) is 22.2 Å². The van der Waals surface area contributed by atoms with Gasteiger partial charge in [0.2, 0.25) is 5.88 Å². The normalized spacial score (nSPS) is 17.3. The van der Waals surface area contributed by atoms with Crippen molar-refractivity contribution in [1.82, 2.24) is 15.3 Å². The van der Waals surface area contributed by atoms with E-state index in [1.54, 1.807) is 12.1 Å². The van der Waals surface area contributed by atoms with Crippen LogP contribution in [0.2, 0.25) is 0 Å². The maximum atomic E-state index is 14.3. The number of benzene rings is 1. The molecular weight excluding hydrogens is 315 g/mol. The first-order valence-corrected chi connectivity index (χ1v) is 7.46. The van der Waals surface area contributed by atoms with Gasteiger partial charge in [0, 0.05) is 24.3 Å². The summed E-state index contributed by atoms with van der Waals surface area (Å²) in [6.45, 7) is 1.85. The number of methoxy groups -OCH3 is 1. The monoisotopic (exact) mass is 332 g/mol. The minimum atomic E-state index is -0.496. The Morgan fingerprint density at radius 2 is 2.33 bits per heavy atom. The Hall–Kier alpha value is -2.58. The Kier molecular flexibility index (Phi) is 4.97. The SMILES string of the molecule is COc1cncc(C(=O)Nc2ccc([C@@H]3CNCCO3)c(F)c2)n1. The number of carbonyl (C=O) groups is 1. The number of ether oxygens (including phenoxy) is 2. The minimum Gasteiger partial charge on any atom is -0.480 e. The van der Waals surface area contributed by atoms with Crippen molar-refractivity contribution in [1.29, 1.82) is 0 Å². The predicted molar refractivity (Wildman–Crippen MR) is 84.5 cm³/mol. The van der Waals surface area contributed by atoms with Crippen molar-refractivity contribution in [2.75, 3.05) is 32.1 Å². The van der Waals surface area contributed by atoms with Crippen LogP contribution in [0.3, 0.4) is 0 Å². The highest BCUT2D eigenvalue weighted by Gasteiger charge is 2.20.